The minimum atomic E-state index is -0.513. The number of methoxy groups -OCH3 is 1. The van der Waals surface area contributed by atoms with Crippen molar-refractivity contribution in [2.45, 2.75) is 43.9 Å². The third-order valence-corrected chi connectivity index (χ3v) is 5.76. The monoisotopic (exact) mass is 407 g/mol. The molecule has 2 amide bonds. The average Bonchev–Trinajstić information content (AvgIpc) is 3.10. The Morgan fingerprint density at radius 1 is 1.31 bits per heavy atom. The van der Waals surface area contributed by atoms with Gasteiger partial charge in [0.2, 0.25) is 11.8 Å². The van der Waals surface area contributed by atoms with E-state index in [9.17, 15) is 19.1 Å². The first-order chi connectivity index (χ1) is 14.0. The topological polar surface area (TPSA) is 82.1 Å². The van der Waals surface area contributed by atoms with Crippen LogP contribution >= 0.6 is 0 Å². The Kier molecular flexibility index (Phi) is 7.57. The molecule has 2 heterocycles. The van der Waals surface area contributed by atoms with E-state index < -0.39 is 6.10 Å². The van der Waals surface area contributed by atoms with Gasteiger partial charge in [0.25, 0.3) is 0 Å². The molecular formula is C21H30FN3O4. The molecule has 160 valence electrons. The van der Waals surface area contributed by atoms with Crippen LogP contribution in [0.3, 0.4) is 0 Å². The number of halogens is 1. The first kappa shape index (κ1) is 21.7. The maximum Gasteiger partial charge on any atom is 0.237 e. The van der Waals surface area contributed by atoms with Crippen LogP contribution in [-0.2, 0) is 20.7 Å². The van der Waals surface area contributed by atoms with Crippen molar-refractivity contribution in [1.29, 1.82) is 0 Å². The Hall–Kier alpha value is -2.03. The maximum absolute atomic E-state index is 13.3. The number of carbonyl (C=O) groups is 2. The lowest BCUT2D eigenvalue weighted by atomic mass is 10.0. The number of ether oxygens (including phenoxy) is 1. The Morgan fingerprint density at radius 3 is 2.76 bits per heavy atom. The fraction of sp³-hybridized carbons (Fsp3) is 0.619. The molecule has 0 unspecified atom stereocenters. The second-order valence-electron chi connectivity index (χ2n) is 7.80. The summed E-state index contributed by atoms with van der Waals surface area (Å²) < 4.78 is 18.3. The van der Waals surface area contributed by atoms with Gasteiger partial charge in [0.05, 0.1) is 25.2 Å². The second kappa shape index (κ2) is 10.1. The van der Waals surface area contributed by atoms with Gasteiger partial charge < -0.3 is 20.1 Å². The summed E-state index contributed by atoms with van der Waals surface area (Å²) in [5.74, 6) is -0.427. The van der Waals surface area contributed by atoms with E-state index in [0.29, 0.717) is 44.8 Å². The lowest BCUT2D eigenvalue weighted by Crippen LogP contribution is -2.52. The fourth-order valence-electron chi connectivity index (χ4n) is 4.27. The van der Waals surface area contributed by atoms with E-state index >= 15 is 0 Å². The third-order valence-electron chi connectivity index (χ3n) is 5.76. The molecule has 2 N–H and O–H groups in total. The van der Waals surface area contributed by atoms with E-state index in [4.69, 9.17) is 4.74 Å². The Balaban J connectivity index is 1.52. The lowest BCUT2D eigenvalue weighted by Gasteiger charge is -2.39. The number of nitrogens with one attached hydrogen (secondary N) is 1. The van der Waals surface area contributed by atoms with Crippen LogP contribution < -0.4 is 5.32 Å². The molecule has 0 saturated carbocycles. The molecule has 0 aromatic heterocycles. The van der Waals surface area contributed by atoms with Crippen LogP contribution in [0.4, 0.5) is 4.39 Å². The number of hydrogen-bond acceptors (Lipinski definition) is 5. The zero-order chi connectivity index (χ0) is 20.8. The van der Waals surface area contributed by atoms with Gasteiger partial charge in [-0.1, -0.05) is 12.1 Å². The molecule has 2 fully saturated rings. The summed E-state index contributed by atoms with van der Waals surface area (Å²) in [4.78, 5) is 29.0. The standard InChI is InChI=1S/C21H30FN3O4/c1-29-10-7-23-21(28)19-13-18(26)14-25(19)17-5-8-24(9-6-17)20(27)12-15-3-2-4-16(22)11-15/h2-4,11,17-19,26H,5-10,12-14H2,1H3,(H,23,28)/t18-,19+/m1/s1. The molecule has 0 radical (unpaired) electrons. The number of rotatable bonds is 7. The summed E-state index contributed by atoms with van der Waals surface area (Å²) >= 11 is 0. The van der Waals surface area contributed by atoms with Crippen molar-refractivity contribution in [3.63, 3.8) is 0 Å². The highest BCUT2D eigenvalue weighted by Crippen LogP contribution is 2.27. The highest BCUT2D eigenvalue weighted by molar-refractivity contribution is 5.82. The van der Waals surface area contributed by atoms with E-state index in [1.54, 1.807) is 19.2 Å². The highest BCUT2D eigenvalue weighted by Gasteiger charge is 2.40. The van der Waals surface area contributed by atoms with Crippen LogP contribution in [0, 0.1) is 5.82 Å². The van der Waals surface area contributed by atoms with Gasteiger partial charge in [-0.05, 0) is 37.0 Å². The summed E-state index contributed by atoms with van der Waals surface area (Å²) in [7, 11) is 1.58. The van der Waals surface area contributed by atoms with Crippen LogP contribution in [0.1, 0.15) is 24.8 Å². The lowest BCUT2D eigenvalue weighted by molar-refractivity contribution is -0.133. The maximum atomic E-state index is 13.3. The van der Waals surface area contributed by atoms with Gasteiger partial charge >= 0.3 is 0 Å². The summed E-state index contributed by atoms with van der Waals surface area (Å²) in [5.41, 5.74) is 0.674. The van der Waals surface area contributed by atoms with Crippen molar-refractivity contribution < 1.29 is 23.8 Å². The van der Waals surface area contributed by atoms with E-state index in [-0.39, 0.29) is 36.1 Å². The normalized spacial score (nSPS) is 23.3. The number of β-amino-alcohol motifs (C(OH)–C–C–N with tert-alkyl or cyclic N) is 1. The SMILES string of the molecule is COCCNC(=O)[C@@H]1C[C@@H](O)CN1C1CCN(C(=O)Cc2cccc(F)c2)CC1. The molecule has 2 atom stereocenters. The summed E-state index contributed by atoms with van der Waals surface area (Å²) in [6.07, 6.45) is 1.61. The number of aliphatic hydroxyl groups is 1. The number of nitrogens with zero attached hydrogens (tertiary/aromatic N) is 2. The molecule has 7 nitrogen and oxygen atoms in total. The van der Waals surface area contributed by atoms with Gasteiger partial charge in [0.1, 0.15) is 5.82 Å². The van der Waals surface area contributed by atoms with Gasteiger partial charge in [-0.25, -0.2) is 4.39 Å². The molecule has 0 spiro atoms. The van der Waals surface area contributed by atoms with Crippen molar-refractivity contribution in [2.75, 3.05) is 39.9 Å². The molecule has 0 bridgehead atoms. The number of hydrogen-bond donors (Lipinski definition) is 2. The molecule has 8 heteroatoms. The quantitative estimate of drug-likeness (QED) is 0.646. The number of piperidine rings is 1. The Labute approximate surface area is 170 Å². The van der Waals surface area contributed by atoms with Gasteiger partial charge in [-0.3, -0.25) is 14.5 Å². The summed E-state index contributed by atoms with van der Waals surface area (Å²) in [6.45, 7) is 2.58. The Morgan fingerprint density at radius 2 is 2.07 bits per heavy atom. The molecule has 3 rings (SSSR count). The molecule has 2 saturated heterocycles. The van der Waals surface area contributed by atoms with Crippen molar-refractivity contribution in [1.82, 2.24) is 15.1 Å². The predicted octanol–water partition coefficient (Wildman–Crippen LogP) is 0.557. The Bertz CT molecular complexity index is 709. The largest absolute Gasteiger partial charge is 0.392 e. The van der Waals surface area contributed by atoms with Crippen LogP contribution in [-0.4, -0.2) is 84.8 Å². The smallest absolute Gasteiger partial charge is 0.237 e. The van der Waals surface area contributed by atoms with E-state index in [1.165, 1.54) is 12.1 Å². The third kappa shape index (κ3) is 5.74. The first-order valence-electron chi connectivity index (χ1n) is 10.2. The zero-order valence-electron chi connectivity index (χ0n) is 16.8. The van der Waals surface area contributed by atoms with Crippen molar-refractivity contribution in [3.8, 4) is 0 Å². The number of carbonyl (C=O) groups excluding carboxylic acids is 2. The number of amides is 2. The molecule has 1 aromatic carbocycles. The van der Waals surface area contributed by atoms with Gasteiger partial charge in [0.15, 0.2) is 0 Å². The highest BCUT2D eigenvalue weighted by atomic mass is 19.1. The molecule has 29 heavy (non-hydrogen) atoms. The predicted molar refractivity (Wildman–Crippen MR) is 106 cm³/mol. The minimum absolute atomic E-state index is 0.00985. The minimum Gasteiger partial charge on any atom is -0.392 e. The molecular weight excluding hydrogens is 377 g/mol. The van der Waals surface area contributed by atoms with Gasteiger partial charge in [-0.15, -0.1) is 0 Å². The van der Waals surface area contributed by atoms with E-state index in [2.05, 4.69) is 10.2 Å². The molecule has 2 aliphatic heterocycles. The zero-order valence-corrected chi connectivity index (χ0v) is 16.8. The molecule has 0 aliphatic carbocycles. The van der Waals surface area contributed by atoms with E-state index in [0.717, 1.165) is 12.8 Å². The summed E-state index contributed by atoms with van der Waals surface area (Å²) in [5, 5.41) is 13.0. The van der Waals surface area contributed by atoms with Crippen molar-refractivity contribution >= 4 is 11.8 Å². The molecule has 2 aliphatic rings. The number of aliphatic hydroxyl groups excluding tert-OH is 1. The van der Waals surface area contributed by atoms with Crippen LogP contribution in [0.5, 0.6) is 0 Å². The van der Waals surface area contributed by atoms with Crippen LogP contribution in [0.15, 0.2) is 24.3 Å². The number of benzene rings is 1. The van der Waals surface area contributed by atoms with Crippen LogP contribution in [0.2, 0.25) is 0 Å². The summed E-state index contributed by atoms with van der Waals surface area (Å²) in [6, 6.07) is 5.94. The average molecular weight is 407 g/mol. The fourth-order valence-corrected chi connectivity index (χ4v) is 4.27. The van der Waals surface area contributed by atoms with E-state index in [1.807, 2.05) is 4.90 Å². The van der Waals surface area contributed by atoms with Gasteiger partial charge in [-0.2, -0.15) is 0 Å². The van der Waals surface area contributed by atoms with Crippen molar-refractivity contribution in [3.05, 3.63) is 35.6 Å². The first-order valence-corrected chi connectivity index (χ1v) is 10.2. The van der Waals surface area contributed by atoms with Gasteiger partial charge in [0, 0.05) is 39.3 Å². The second-order valence-corrected chi connectivity index (χ2v) is 7.80. The molecule has 1 aromatic rings. The van der Waals surface area contributed by atoms with Crippen molar-refractivity contribution in [2.24, 2.45) is 0 Å². The van der Waals surface area contributed by atoms with Crippen LogP contribution in [0.25, 0.3) is 0 Å². The number of likely N-dealkylation sites (tertiary alicyclic amines) is 2.